The van der Waals surface area contributed by atoms with E-state index in [2.05, 4.69) is 31.0 Å². The molecular formula is C10H11BrN4O. The van der Waals surface area contributed by atoms with Crippen LogP contribution in [0.3, 0.4) is 0 Å². The molecule has 0 saturated carbocycles. The van der Waals surface area contributed by atoms with Gasteiger partial charge in [-0.05, 0) is 28.4 Å². The second kappa shape index (κ2) is 4.21. The van der Waals surface area contributed by atoms with E-state index in [4.69, 9.17) is 0 Å². The number of hydrogen-bond acceptors (Lipinski definition) is 3. The fraction of sp³-hybridized carbons (Fsp3) is 0.300. The van der Waals surface area contributed by atoms with Gasteiger partial charge >= 0.3 is 0 Å². The van der Waals surface area contributed by atoms with Crippen LogP contribution in [0.25, 0.3) is 11.5 Å². The maximum Gasteiger partial charge on any atom is 0.265 e. The van der Waals surface area contributed by atoms with Crippen molar-refractivity contribution in [3.8, 4) is 11.5 Å². The Hall–Kier alpha value is -1.43. The Kier molecular flexibility index (Phi) is 2.91. The molecule has 2 aromatic heterocycles. The summed E-state index contributed by atoms with van der Waals surface area (Å²) in [6.07, 6.45) is 2.51. The van der Waals surface area contributed by atoms with Crippen molar-refractivity contribution in [1.29, 1.82) is 0 Å². The molecule has 0 bridgehead atoms. The van der Waals surface area contributed by atoms with Crippen LogP contribution in [-0.4, -0.2) is 19.7 Å². The molecule has 0 amide bonds. The number of nitrogens with one attached hydrogen (secondary N) is 1. The molecule has 2 heterocycles. The summed E-state index contributed by atoms with van der Waals surface area (Å²) >= 11 is 3.22. The van der Waals surface area contributed by atoms with Crippen molar-refractivity contribution < 1.29 is 0 Å². The zero-order valence-corrected chi connectivity index (χ0v) is 10.6. The minimum absolute atomic E-state index is 0.174. The number of H-pyrrole nitrogens is 1. The van der Waals surface area contributed by atoms with Crippen molar-refractivity contribution >= 4 is 15.9 Å². The van der Waals surface area contributed by atoms with Crippen LogP contribution in [0.1, 0.15) is 12.6 Å². The molecule has 0 fully saturated rings. The van der Waals surface area contributed by atoms with Gasteiger partial charge in [-0.25, -0.2) is 4.98 Å². The molecule has 0 spiro atoms. The van der Waals surface area contributed by atoms with E-state index in [-0.39, 0.29) is 5.56 Å². The molecular weight excluding hydrogens is 272 g/mol. The second-order valence-electron chi connectivity index (χ2n) is 3.40. The largest absolute Gasteiger partial charge is 0.304 e. The maximum absolute atomic E-state index is 11.6. The van der Waals surface area contributed by atoms with E-state index in [0.29, 0.717) is 22.4 Å². The summed E-state index contributed by atoms with van der Waals surface area (Å²) in [5.41, 5.74) is 1.23. The number of aryl methyl sites for hydroxylation is 2. The van der Waals surface area contributed by atoms with Gasteiger partial charge < -0.3 is 4.98 Å². The van der Waals surface area contributed by atoms with Crippen LogP contribution in [0.15, 0.2) is 21.5 Å². The number of halogens is 1. The van der Waals surface area contributed by atoms with Crippen LogP contribution >= 0.6 is 15.9 Å². The zero-order valence-electron chi connectivity index (χ0n) is 8.99. The van der Waals surface area contributed by atoms with Gasteiger partial charge in [-0.15, -0.1) is 0 Å². The lowest BCUT2D eigenvalue weighted by molar-refractivity contribution is 0.767. The maximum atomic E-state index is 11.6. The first-order chi connectivity index (χ1) is 7.61. The van der Waals surface area contributed by atoms with Gasteiger partial charge in [0, 0.05) is 13.2 Å². The highest BCUT2D eigenvalue weighted by Gasteiger charge is 2.10. The van der Waals surface area contributed by atoms with Crippen molar-refractivity contribution in [3.63, 3.8) is 0 Å². The molecule has 0 radical (unpaired) electrons. The Morgan fingerprint density at radius 3 is 2.88 bits per heavy atom. The highest BCUT2D eigenvalue weighted by atomic mass is 79.9. The predicted octanol–water partition coefficient (Wildman–Crippen LogP) is 1.50. The predicted molar refractivity (Wildman–Crippen MR) is 64.1 cm³/mol. The van der Waals surface area contributed by atoms with Crippen LogP contribution in [0.4, 0.5) is 0 Å². The van der Waals surface area contributed by atoms with E-state index in [0.717, 1.165) is 5.69 Å². The average Bonchev–Trinajstić information content (AvgIpc) is 2.69. The molecule has 1 N–H and O–H groups in total. The fourth-order valence-corrected chi connectivity index (χ4v) is 1.87. The van der Waals surface area contributed by atoms with E-state index in [9.17, 15) is 4.79 Å². The molecule has 2 rings (SSSR count). The topological polar surface area (TPSA) is 63.6 Å². The summed E-state index contributed by atoms with van der Waals surface area (Å²) in [5, 5.41) is 4.20. The first kappa shape index (κ1) is 11.1. The van der Waals surface area contributed by atoms with Gasteiger partial charge in [0.25, 0.3) is 5.56 Å². The standard InChI is InChI=1S/C10H11BrN4O/c1-3-6-8(11)10(16)13-9(12-6)7-4-5-15(2)14-7/h4-5H,3H2,1-2H3,(H,12,13,16). The fourth-order valence-electron chi connectivity index (χ4n) is 1.40. The lowest BCUT2D eigenvalue weighted by Gasteiger charge is -2.02. The molecule has 0 aliphatic rings. The molecule has 0 atom stereocenters. The first-order valence-corrected chi connectivity index (χ1v) is 5.70. The van der Waals surface area contributed by atoms with Crippen molar-refractivity contribution in [2.75, 3.05) is 0 Å². The molecule has 0 unspecified atom stereocenters. The zero-order chi connectivity index (χ0) is 11.7. The monoisotopic (exact) mass is 282 g/mol. The summed E-state index contributed by atoms with van der Waals surface area (Å²) in [6.45, 7) is 1.95. The molecule has 0 saturated heterocycles. The summed E-state index contributed by atoms with van der Waals surface area (Å²) in [7, 11) is 1.82. The van der Waals surface area contributed by atoms with Gasteiger partial charge in [0.15, 0.2) is 5.82 Å². The van der Waals surface area contributed by atoms with E-state index in [1.54, 1.807) is 4.68 Å². The first-order valence-electron chi connectivity index (χ1n) is 4.90. The number of hydrogen-bond donors (Lipinski definition) is 1. The van der Waals surface area contributed by atoms with Crippen LogP contribution in [0, 0.1) is 0 Å². The third-order valence-corrected chi connectivity index (χ3v) is 3.04. The number of aromatic amines is 1. The highest BCUT2D eigenvalue weighted by Crippen LogP contribution is 2.15. The third kappa shape index (κ3) is 1.92. The van der Waals surface area contributed by atoms with E-state index >= 15 is 0 Å². The van der Waals surface area contributed by atoms with Crippen LogP contribution in [0.2, 0.25) is 0 Å². The van der Waals surface area contributed by atoms with Gasteiger partial charge in [-0.3, -0.25) is 9.48 Å². The Morgan fingerprint density at radius 2 is 2.31 bits per heavy atom. The summed E-state index contributed by atoms with van der Waals surface area (Å²) < 4.78 is 2.16. The molecule has 5 nitrogen and oxygen atoms in total. The van der Waals surface area contributed by atoms with Crippen LogP contribution < -0.4 is 5.56 Å². The second-order valence-corrected chi connectivity index (χ2v) is 4.20. The Morgan fingerprint density at radius 1 is 1.56 bits per heavy atom. The summed E-state index contributed by atoms with van der Waals surface area (Å²) in [4.78, 5) is 18.7. The van der Waals surface area contributed by atoms with Crippen LogP contribution in [-0.2, 0) is 13.5 Å². The SMILES string of the molecule is CCc1nc(-c2ccn(C)n2)[nH]c(=O)c1Br. The number of aromatic nitrogens is 4. The normalized spacial score (nSPS) is 10.7. The molecule has 16 heavy (non-hydrogen) atoms. The molecule has 2 aromatic rings. The molecule has 6 heteroatoms. The van der Waals surface area contributed by atoms with E-state index in [1.807, 2.05) is 26.2 Å². The molecule has 0 aliphatic carbocycles. The van der Waals surface area contributed by atoms with Crippen molar-refractivity contribution in [2.24, 2.45) is 7.05 Å². The quantitative estimate of drug-likeness (QED) is 0.908. The number of nitrogens with zero attached hydrogens (tertiary/aromatic N) is 3. The van der Waals surface area contributed by atoms with Crippen molar-refractivity contribution in [1.82, 2.24) is 19.7 Å². The van der Waals surface area contributed by atoms with Crippen molar-refractivity contribution in [3.05, 3.63) is 32.8 Å². The smallest absolute Gasteiger partial charge is 0.265 e. The molecule has 0 aromatic carbocycles. The van der Waals surface area contributed by atoms with Gasteiger partial charge in [-0.2, -0.15) is 5.10 Å². The average molecular weight is 283 g/mol. The number of rotatable bonds is 2. The van der Waals surface area contributed by atoms with Gasteiger partial charge in [-0.1, -0.05) is 6.92 Å². The minimum Gasteiger partial charge on any atom is -0.304 e. The third-order valence-electron chi connectivity index (χ3n) is 2.22. The lowest BCUT2D eigenvalue weighted by Crippen LogP contribution is -2.13. The Bertz CT molecular complexity index is 572. The van der Waals surface area contributed by atoms with E-state index < -0.39 is 0 Å². The van der Waals surface area contributed by atoms with Gasteiger partial charge in [0.2, 0.25) is 0 Å². The summed E-state index contributed by atoms with van der Waals surface area (Å²) in [6, 6.07) is 1.81. The van der Waals surface area contributed by atoms with Gasteiger partial charge in [0.1, 0.15) is 10.2 Å². The highest BCUT2D eigenvalue weighted by molar-refractivity contribution is 9.10. The van der Waals surface area contributed by atoms with Gasteiger partial charge in [0.05, 0.1) is 5.69 Å². The minimum atomic E-state index is -0.174. The van der Waals surface area contributed by atoms with Crippen LogP contribution in [0.5, 0.6) is 0 Å². The molecule has 84 valence electrons. The van der Waals surface area contributed by atoms with E-state index in [1.165, 1.54) is 0 Å². The van der Waals surface area contributed by atoms with Crippen molar-refractivity contribution in [2.45, 2.75) is 13.3 Å². The lowest BCUT2D eigenvalue weighted by atomic mass is 10.3. The Balaban J connectivity index is 2.59. The summed E-state index contributed by atoms with van der Waals surface area (Å²) in [5.74, 6) is 0.505. The molecule has 0 aliphatic heterocycles. The Labute approximate surface area is 101 Å².